The molecule has 110 valence electrons. The largest absolute Gasteiger partial charge is 0.479 e. The zero-order valence-electron chi connectivity index (χ0n) is 12.0. The van der Waals surface area contributed by atoms with Crippen molar-refractivity contribution >= 4 is 5.97 Å². The Morgan fingerprint density at radius 3 is 2.85 bits per heavy atom. The van der Waals surface area contributed by atoms with E-state index in [4.69, 9.17) is 9.84 Å². The second-order valence-electron chi connectivity index (χ2n) is 5.22. The normalized spacial score (nSPS) is 17.2. The Hall–Kier alpha value is -1.39. The Morgan fingerprint density at radius 1 is 1.40 bits per heavy atom. The van der Waals surface area contributed by atoms with Crippen LogP contribution in [0, 0.1) is 0 Å². The van der Waals surface area contributed by atoms with E-state index >= 15 is 0 Å². The van der Waals surface area contributed by atoms with Crippen molar-refractivity contribution in [1.82, 2.24) is 4.90 Å². The number of carboxylic acid groups (broad SMARTS) is 1. The first-order valence-corrected chi connectivity index (χ1v) is 7.34. The van der Waals surface area contributed by atoms with Gasteiger partial charge in [0, 0.05) is 19.7 Å². The molecule has 1 aromatic rings. The molecule has 20 heavy (non-hydrogen) atoms. The van der Waals surface area contributed by atoms with Gasteiger partial charge < -0.3 is 9.84 Å². The van der Waals surface area contributed by atoms with E-state index in [9.17, 15) is 4.79 Å². The minimum atomic E-state index is -0.859. The maximum atomic E-state index is 11.1. The fourth-order valence-electron chi connectivity index (χ4n) is 2.74. The van der Waals surface area contributed by atoms with E-state index in [1.807, 2.05) is 6.92 Å². The Morgan fingerprint density at radius 2 is 2.15 bits per heavy atom. The summed E-state index contributed by atoms with van der Waals surface area (Å²) in [6.07, 6.45) is 2.10. The maximum Gasteiger partial charge on any atom is 0.332 e. The van der Waals surface area contributed by atoms with E-state index in [2.05, 4.69) is 29.2 Å². The standard InChI is InChI=1S/C16H23NO3/c1-2-20-15(16(18)19)9-11-17-10-5-8-13-6-3-4-7-14(13)12-17/h3-4,6-7,15H,2,5,8-12H2,1H3,(H,18,19). The van der Waals surface area contributed by atoms with Crippen molar-refractivity contribution in [1.29, 1.82) is 0 Å². The number of fused-ring (bicyclic) bond motifs is 1. The molecule has 0 aromatic heterocycles. The van der Waals surface area contributed by atoms with Crippen LogP contribution >= 0.6 is 0 Å². The minimum Gasteiger partial charge on any atom is -0.479 e. The van der Waals surface area contributed by atoms with Crippen LogP contribution < -0.4 is 0 Å². The van der Waals surface area contributed by atoms with Crippen molar-refractivity contribution in [2.24, 2.45) is 0 Å². The molecule has 0 aliphatic carbocycles. The summed E-state index contributed by atoms with van der Waals surface area (Å²) in [6, 6.07) is 8.52. The molecule has 0 fully saturated rings. The van der Waals surface area contributed by atoms with Gasteiger partial charge >= 0.3 is 5.97 Å². The van der Waals surface area contributed by atoms with Gasteiger partial charge in [0.2, 0.25) is 0 Å². The lowest BCUT2D eigenvalue weighted by atomic mass is 10.0. The number of ether oxygens (including phenoxy) is 1. The van der Waals surface area contributed by atoms with Crippen molar-refractivity contribution < 1.29 is 14.6 Å². The van der Waals surface area contributed by atoms with E-state index in [-0.39, 0.29) is 0 Å². The molecular formula is C16H23NO3. The number of benzene rings is 1. The third-order valence-electron chi connectivity index (χ3n) is 3.78. The van der Waals surface area contributed by atoms with Gasteiger partial charge in [0.1, 0.15) is 0 Å². The molecule has 0 radical (unpaired) electrons. The topological polar surface area (TPSA) is 49.8 Å². The highest BCUT2D eigenvalue weighted by molar-refractivity contribution is 5.72. The molecule has 4 heteroatoms. The Labute approximate surface area is 120 Å². The van der Waals surface area contributed by atoms with E-state index < -0.39 is 12.1 Å². The van der Waals surface area contributed by atoms with Gasteiger partial charge in [-0.2, -0.15) is 0 Å². The zero-order valence-corrected chi connectivity index (χ0v) is 12.0. The summed E-state index contributed by atoms with van der Waals surface area (Å²) < 4.78 is 5.27. The number of rotatable bonds is 6. The lowest BCUT2D eigenvalue weighted by Gasteiger charge is -2.22. The third kappa shape index (κ3) is 4.05. The van der Waals surface area contributed by atoms with Gasteiger partial charge in [0.05, 0.1) is 0 Å². The molecule has 1 N–H and O–H groups in total. The molecule has 0 saturated heterocycles. The van der Waals surface area contributed by atoms with Gasteiger partial charge in [0.25, 0.3) is 0 Å². The number of carbonyl (C=O) groups is 1. The highest BCUT2D eigenvalue weighted by Gasteiger charge is 2.20. The number of nitrogens with zero attached hydrogens (tertiary/aromatic N) is 1. The minimum absolute atomic E-state index is 0.444. The summed E-state index contributed by atoms with van der Waals surface area (Å²) in [5.41, 5.74) is 2.79. The van der Waals surface area contributed by atoms with Crippen LogP contribution in [0.25, 0.3) is 0 Å². The number of hydrogen-bond donors (Lipinski definition) is 1. The predicted molar refractivity (Wildman–Crippen MR) is 77.7 cm³/mol. The van der Waals surface area contributed by atoms with Crippen molar-refractivity contribution in [2.45, 2.75) is 38.8 Å². The van der Waals surface area contributed by atoms with Crippen molar-refractivity contribution in [3.8, 4) is 0 Å². The summed E-state index contributed by atoms with van der Waals surface area (Å²) in [4.78, 5) is 13.4. The van der Waals surface area contributed by atoms with Crippen molar-refractivity contribution in [2.75, 3.05) is 19.7 Å². The fourth-order valence-corrected chi connectivity index (χ4v) is 2.74. The molecular weight excluding hydrogens is 254 g/mol. The Bertz CT molecular complexity index is 447. The smallest absolute Gasteiger partial charge is 0.332 e. The summed E-state index contributed by atoms with van der Waals surface area (Å²) in [7, 11) is 0. The molecule has 1 aliphatic heterocycles. The first-order chi connectivity index (χ1) is 9.70. The maximum absolute atomic E-state index is 11.1. The molecule has 4 nitrogen and oxygen atoms in total. The van der Waals surface area contributed by atoms with Crippen LogP contribution in [0.3, 0.4) is 0 Å². The lowest BCUT2D eigenvalue weighted by Crippen LogP contribution is -2.32. The molecule has 1 aliphatic rings. The first kappa shape index (κ1) is 15.0. The second kappa shape index (κ2) is 7.41. The molecule has 2 rings (SSSR count). The average molecular weight is 277 g/mol. The van der Waals surface area contributed by atoms with Crippen molar-refractivity contribution in [3.63, 3.8) is 0 Å². The van der Waals surface area contributed by atoms with Gasteiger partial charge in [-0.05, 0) is 43.9 Å². The van der Waals surface area contributed by atoms with Gasteiger partial charge in [-0.15, -0.1) is 0 Å². The predicted octanol–water partition coefficient (Wildman–Crippen LogP) is 2.31. The van der Waals surface area contributed by atoms with Crippen LogP contribution in [0.5, 0.6) is 0 Å². The Balaban J connectivity index is 1.92. The number of aliphatic carboxylic acids is 1. The molecule has 1 heterocycles. The zero-order chi connectivity index (χ0) is 14.4. The molecule has 1 atom stereocenters. The number of aryl methyl sites for hydroxylation is 1. The molecule has 0 saturated carbocycles. The van der Waals surface area contributed by atoms with Crippen LogP contribution in [0.15, 0.2) is 24.3 Å². The van der Waals surface area contributed by atoms with Gasteiger partial charge in [0.15, 0.2) is 6.10 Å². The highest BCUT2D eigenvalue weighted by atomic mass is 16.5. The fraction of sp³-hybridized carbons (Fsp3) is 0.562. The summed E-state index contributed by atoms with van der Waals surface area (Å²) >= 11 is 0. The van der Waals surface area contributed by atoms with Crippen LogP contribution in [0.1, 0.15) is 30.9 Å². The number of hydrogen-bond acceptors (Lipinski definition) is 3. The SMILES string of the molecule is CCOC(CCN1CCCc2ccccc2C1)C(=O)O. The quantitative estimate of drug-likeness (QED) is 0.867. The van der Waals surface area contributed by atoms with Crippen LogP contribution in [0.4, 0.5) is 0 Å². The van der Waals surface area contributed by atoms with E-state index in [1.165, 1.54) is 11.1 Å². The van der Waals surface area contributed by atoms with Gasteiger partial charge in [-0.25, -0.2) is 4.79 Å². The summed E-state index contributed by atoms with van der Waals surface area (Å²) in [6.45, 7) is 4.98. The molecule has 0 spiro atoms. The Kier molecular flexibility index (Phi) is 5.56. The molecule has 0 amide bonds. The van der Waals surface area contributed by atoms with Crippen LogP contribution in [-0.4, -0.2) is 41.8 Å². The van der Waals surface area contributed by atoms with Crippen molar-refractivity contribution in [3.05, 3.63) is 35.4 Å². The van der Waals surface area contributed by atoms with E-state index in [1.54, 1.807) is 0 Å². The van der Waals surface area contributed by atoms with E-state index in [0.717, 1.165) is 32.5 Å². The van der Waals surface area contributed by atoms with Gasteiger partial charge in [-0.3, -0.25) is 4.90 Å². The molecule has 0 bridgehead atoms. The van der Waals surface area contributed by atoms with E-state index in [0.29, 0.717) is 13.0 Å². The van der Waals surface area contributed by atoms with Crippen LogP contribution in [0.2, 0.25) is 0 Å². The lowest BCUT2D eigenvalue weighted by molar-refractivity contribution is -0.150. The number of carboxylic acids is 1. The monoisotopic (exact) mass is 277 g/mol. The van der Waals surface area contributed by atoms with Gasteiger partial charge in [-0.1, -0.05) is 24.3 Å². The third-order valence-corrected chi connectivity index (χ3v) is 3.78. The van der Waals surface area contributed by atoms with Crippen LogP contribution in [-0.2, 0) is 22.5 Å². The summed E-state index contributed by atoms with van der Waals surface area (Å²) in [5, 5.41) is 9.10. The molecule has 1 unspecified atom stereocenters. The average Bonchev–Trinajstić information content (AvgIpc) is 2.64. The molecule has 1 aromatic carbocycles. The first-order valence-electron chi connectivity index (χ1n) is 7.34. The highest BCUT2D eigenvalue weighted by Crippen LogP contribution is 2.18. The summed E-state index contributed by atoms with van der Waals surface area (Å²) in [5.74, 6) is -0.859. The second-order valence-corrected chi connectivity index (χ2v) is 5.22.